The van der Waals surface area contributed by atoms with E-state index in [1.807, 2.05) is 31.2 Å². The maximum atomic E-state index is 12.6. The van der Waals surface area contributed by atoms with Crippen molar-refractivity contribution >= 4 is 16.0 Å². The number of aromatic nitrogens is 2. The molecule has 1 heterocycles. The Hall–Kier alpha value is -3.04. The number of ether oxygens (including phenoxy) is 1. The van der Waals surface area contributed by atoms with E-state index in [1.165, 1.54) is 24.7 Å². The van der Waals surface area contributed by atoms with Crippen LogP contribution in [-0.4, -0.2) is 42.4 Å². The second-order valence-corrected chi connectivity index (χ2v) is 9.57. The van der Waals surface area contributed by atoms with Crippen LogP contribution in [-0.2, 0) is 26.2 Å². The Morgan fingerprint density at radius 2 is 1.74 bits per heavy atom. The van der Waals surface area contributed by atoms with E-state index in [0.29, 0.717) is 11.7 Å². The van der Waals surface area contributed by atoms with Crippen LogP contribution in [0.3, 0.4) is 0 Å². The normalized spacial score (nSPS) is 11.8. The Morgan fingerprint density at radius 1 is 1.10 bits per heavy atom. The average molecular weight is 444 g/mol. The van der Waals surface area contributed by atoms with Gasteiger partial charge in [-0.25, -0.2) is 8.42 Å². The van der Waals surface area contributed by atoms with Gasteiger partial charge in [0.2, 0.25) is 15.8 Å². The molecular formula is C22H25N3O5S. The van der Waals surface area contributed by atoms with Crippen molar-refractivity contribution < 1.29 is 22.5 Å². The predicted molar refractivity (Wildman–Crippen MR) is 115 cm³/mol. The Labute approximate surface area is 181 Å². The fourth-order valence-corrected chi connectivity index (χ4v) is 3.91. The van der Waals surface area contributed by atoms with E-state index in [1.54, 1.807) is 12.1 Å². The lowest BCUT2D eigenvalue weighted by Gasteiger charge is -2.16. The van der Waals surface area contributed by atoms with Crippen LogP contribution < -0.4 is 0 Å². The van der Waals surface area contributed by atoms with Crippen LogP contribution in [0.15, 0.2) is 57.9 Å². The number of carbonyl (C=O) groups is 1. The van der Waals surface area contributed by atoms with Crippen molar-refractivity contribution in [3.8, 4) is 11.4 Å². The molecule has 3 rings (SSSR count). The third-order valence-electron chi connectivity index (χ3n) is 4.74. The second-order valence-electron chi connectivity index (χ2n) is 7.52. The van der Waals surface area contributed by atoms with Gasteiger partial charge in [0.1, 0.15) is 6.54 Å². The third kappa shape index (κ3) is 5.56. The van der Waals surface area contributed by atoms with Gasteiger partial charge in [-0.15, -0.1) is 0 Å². The van der Waals surface area contributed by atoms with Crippen LogP contribution in [0.25, 0.3) is 11.4 Å². The molecule has 0 amide bonds. The number of aryl methyl sites for hydroxylation is 1. The zero-order chi connectivity index (χ0) is 22.6. The Bertz CT molecular complexity index is 1140. The number of carbonyl (C=O) groups excluding carboxylic acids is 1. The number of benzene rings is 2. The molecule has 0 atom stereocenters. The lowest BCUT2D eigenvalue weighted by molar-refractivity contribution is -0.145. The number of likely N-dealkylation sites (N-methyl/N-ethyl adjacent to an activating group) is 1. The van der Waals surface area contributed by atoms with Crippen molar-refractivity contribution in [2.45, 2.75) is 38.2 Å². The molecule has 3 aromatic rings. The van der Waals surface area contributed by atoms with Crippen LogP contribution in [0.1, 0.15) is 36.8 Å². The fourth-order valence-electron chi connectivity index (χ4n) is 2.79. The van der Waals surface area contributed by atoms with E-state index in [4.69, 9.17) is 9.26 Å². The topological polar surface area (TPSA) is 103 Å². The fraction of sp³-hybridized carbons (Fsp3) is 0.318. The van der Waals surface area contributed by atoms with Gasteiger partial charge in [-0.3, -0.25) is 4.79 Å². The summed E-state index contributed by atoms with van der Waals surface area (Å²) < 4.78 is 36.3. The van der Waals surface area contributed by atoms with Crippen molar-refractivity contribution in [2.75, 3.05) is 13.6 Å². The number of nitrogens with zero attached hydrogens (tertiary/aromatic N) is 3. The van der Waals surface area contributed by atoms with Crippen LogP contribution in [0.5, 0.6) is 0 Å². The summed E-state index contributed by atoms with van der Waals surface area (Å²) in [6.45, 7) is 5.40. The number of sulfonamides is 1. The number of esters is 1. The average Bonchev–Trinajstić information content (AvgIpc) is 3.21. The second kappa shape index (κ2) is 9.40. The Balaban J connectivity index is 1.57. The van der Waals surface area contributed by atoms with Crippen molar-refractivity contribution in [3.05, 3.63) is 65.5 Å². The minimum atomic E-state index is -3.79. The van der Waals surface area contributed by atoms with Gasteiger partial charge in [0, 0.05) is 12.6 Å². The van der Waals surface area contributed by atoms with Gasteiger partial charge in [0.05, 0.1) is 4.90 Å². The van der Waals surface area contributed by atoms with E-state index in [-0.39, 0.29) is 17.4 Å². The molecule has 0 N–H and O–H groups in total. The van der Waals surface area contributed by atoms with Gasteiger partial charge >= 0.3 is 5.97 Å². The molecule has 0 aliphatic rings. The molecule has 1 aromatic heterocycles. The lowest BCUT2D eigenvalue weighted by Crippen LogP contribution is -2.33. The highest BCUT2D eigenvalue weighted by Crippen LogP contribution is 2.21. The van der Waals surface area contributed by atoms with Crippen molar-refractivity contribution in [1.82, 2.24) is 14.4 Å². The van der Waals surface area contributed by atoms with E-state index in [2.05, 4.69) is 24.0 Å². The Morgan fingerprint density at radius 3 is 2.35 bits per heavy atom. The number of hydrogen-bond donors (Lipinski definition) is 0. The van der Waals surface area contributed by atoms with Crippen molar-refractivity contribution in [2.24, 2.45) is 0 Å². The molecule has 8 nitrogen and oxygen atoms in total. The monoisotopic (exact) mass is 443 g/mol. The first kappa shape index (κ1) is 22.6. The van der Waals surface area contributed by atoms with Gasteiger partial charge in [0.15, 0.2) is 6.61 Å². The summed E-state index contributed by atoms with van der Waals surface area (Å²) in [5, 5.41) is 3.90. The minimum absolute atomic E-state index is 0.110. The summed E-state index contributed by atoms with van der Waals surface area (Å²) in [7, 11) is -2.47. The highest BCUT2D eigenvalue weighted by atomic mass is 32.2. The standard InChI is InChI=1S/C22H25N3O5S/c1-15(2)17-7-9-18(10-8-17)22-23-20(30-24-22)14-29-21(26)13-25(4)31(27,28)19-11-5-16(3)6-12-19/h5-12,15H,13-14H2,1-4H3. The molecule has 0 spiro atoms. The van der Waals surface area contributed by atoms with E-state index < -0.39 is 22.5 Å². The number of hydrogen-bond acceptors (Lipinski definition) is 7. The molecule has 164 valence electrons. The van der Waals surface area contributed by atoms with Crippen LogP contribution >= 0.6 is 0 Å². The highest BCUT2D eigenvalue weighted by molar-refractivity contribution is 7.89. The van der Waals surface area contributed by atoms with Crippen LogP contribution in [0.2, 0.25) is 0 Å². The molecule has 31 heavy (non-hydrogen) atoms. The first-order valence-electron chi connectivity index (χ1n) is 9.78. The van der Waals surface area contributed by atoms with Gasteiger partial charge in [-0.2, -0.15) is 9.29 Å². The van der Waals surface area contributed by atoms with E-state index in [0.717, 1.165) is 15.4 Å². The summed E-state index contributed by atoms with van der Waals surface area (Å²) in [5.74, 6) is 0.210. The molecular weight excluding hydrogens is 418 g/mol. The molecule has 0 aliphatic carbocycles. The van der Waals surface area contributed by atoms with Gasteiger partial charge in [0.25, 0.3) is 5.89 Å². The van der Waals surface area contributed by atoms with E-state index in [9.17, 15) is 13.2 Å². The van der Waals surface area contributed by atoms with E-state index >= 15 is 0 Å². The smallest absolute Gasteiger partial charge is 0.321 e. The Kier molecular flexibility index (Phi) is 6.87. The highest BCUT2D eigenvalue weighted by Gasteiger charge is 2.24. The van der Waals surface area contributed by atoms with Crippen molar-refractivity contribution in [3.63, 3.8) is 0 Å². The molecule has 0 saturated carbocycles. The van der Waals surface area contributed by atoms with Gasteiger partial charge in [-0.05, 0) is 30.5 Å². The number of rotatable bonds is 8. The lowest BCUT2D eigenvalue weighted by atomic mass is 10.0. The SMILES string of the molecule is Cc1ccc(S(=O)(=O)N(C)CC(=O)OCc2nc(-c3ccc(C(C)C)cc3)no2)cc1. The van der Waals surface area contributed by atoms with Crippen LogP contribution in [0, 0.1) is 6.92 Å². The largest absolute Gasteiger partial charge is 0.455 e. The summed E-state index contributed by atoms with van der Waals surface area (Å²) >= 11 is 0. The molecule has 0 fully saturated rings. The van der Waals surface area contributed by atoms with Crippen LogP contribution in [0.4, 0.5) is 0 Å². The first-order valence-corrected chi connectivity index (χ1v) is 11.2. The third-order valence-corrected chi connectivity index (χ3v) is 6.56. The molecule has 0 aliphatic heterocycles. The zero-order valence-electron chi connectivity index (χ0n) is 17.9. The maximum Gasteiger partial charge on any atom is 0.321 e. The summed E-state index contributed by atoms with van der Waals surface area (Å²) in [4.78, 5) is 16.5. The quantitative estimate of drug-likeness (QED) is 0.491. The minimum Gasteiger partial charge on any atom is -0.455 e. The van der Waals surface area contributed by atoms with Crippen molar-refractivity contribution in [1.29, 1.82) is 0 Å². The summed E-state index contributed by atoms with van der Waals surface area (Å²) in [6, 6.07) is 14.2. The molecule has 2 aromatic carbocycles. The van der Waals surface area contributed by atoms with Gasteiger partial charge < -0.3 is 9.26 Å². The molecule has 0 saturated heterocycles. The summed E-state index contributed by atoms with van der Waals surface area (Å²) in [6.07, 6.45) is 0. The molecule has 9 heteroatoms. The molecule has 0 radical (unpaired) electrons. The first-order chi connectivity index (χ1) is 14.7. The summed E-state index contributed by atoms with van der Waals surface area (Å²) in [5.41, 5.74) is 2.93. The van der Waals surface area contributed by atoms with Gasteiger partial charge in [-0.1, -0.05) is 61.0 Å². The maximum absolute atomic E-state index is 12.6. The zero-order valence-corrected chi connectivity index (χ0v) is 18.7. The molecule has 0 bridgehead atoms. The predicted octanol–water partition coefficient (Wildman–Crippen LogP) is 3.53. The molecule has 0 unspecified atom stereocenters.